The van der Waals surface area contributed by atoms with E-state index < -0.39 is 5.41 Å². The van der Waals surface area contributed by atoms with Crippen molar-refractivity contribution in [2.24, 2.45) is 0 Å². The quantitative estimate of drug-likeness (QED) is 0.217. The van der Waals surface area contributed by atoms with Gasteiger partial charge in [-0.1, -0.05) is 53.9 Å². The molecule has 0 amide bonds. The van der Waals surface area contributed by atoms with Gasteiger partial charge >= 0.3 is 20.4 Å². The van der Waals surface area contributed by atoms with Gasteiger partial charge in [0.2, 0.25) is 0 Å². The Hall–Kier alpha value is -3.02. The van der Waals surface area contributed by atoms with Crippen molar-refractivity contribution in [2.45, 2.75) is 71.6 Å². The SMILES string of the molecule is COc1cc(-n2[c-]cc(C(C)(C)C)n2)nc(C(C)(C)c2cc(OC)cc(-n3[c-]cc(C(C)(C)C)n3)n2)c1.[Pd+2]. The Labute approximate surface area is 239 Å². The van der Waals surface area contributed by atoms with Gasteiger partial charge in [-0.25, -0.2) is 0 Å². The largest absolute Gasteiger partial charge is 2.00 e. The summed E-state index contributed by atoms with van der Waals surface area (Å²) in [5.41, 5.74) is 2.61. The van der Waals surface area contributed by atoms with E-state index in [4.69, 9.17) is 29.6 Å². The predicted octanol–water partition coefficient (Wildman–Crippen LogP) is 5.38. The summed E-state index contributed by atoms with van der Waals surface area (Å²) in [5.74, 6) is 2.59. The second-order valence-corrected chi connectivity index (χ2v) is 11.8. The summed E-state index contributed by atoms with van der Waals surface area (Å²) in [6.07, 6.45) is 6.40. The molecule has 9 heteroatoms. The molecule has 0 saturated carbocycles. The zero-order valence-electron chi connectivity index (χ0n) is 23.8. The van der Waals surface area contributed by atoms with Crippen LogP contribution >= 0.6 is 0 Å². The molecular formula is C29H36N6O2Pd. The molecule has 0 radical (unpaired) electrons. The molecule has 0 bridgehead atoms. The maximum atomic E-state index is 5.64. The molecule has 0 aromatic carbocycles. The third-order valence-electron chi connectivity index (χ3n) is 6.36. The molecule has 4 aromatic rings. The van der Waals surface area contributed by atoms with Crippen LogP contribution in [-0.4, -0.2) is 43.7 Å². The molecule has 0 unspecified atom stereocenters. The van der Waals surface area contributed by atoms with Crippen LogP contribution < -0.4 is 9.47 Å². The van der Waals surface area contributed by atoms with E-state index in [2.05, 4.69) is 67.8 Å². The standard InChI is InChI=1S/C29H36N6O2.Pd/c1-27(2,3)21-11-13-34(32-21)25-17-19(36-9)15-23(30-25)29(7,8)24-16-20(37-10)18-26(31-24)35-14-12-22(33-35)28(4,5)6;/h11-12,15-18H,1-10H3;/q-2;+2. The van der Waals surface area contributed by atoms with Crippen LogP contribution in [0.25, 0.3) is 11.6 Å². The van der Waals surface area contributed by atoms with Gasteiger partial charge in [-0.2, -0.15) is 0 Å². The van der Waals surface area contributed by atoms with E-state index in [1.807, 2.05) is 36.4 Å². The molecule has 0 aliphatic rings. The summed E-state index contributed by atoms with van der Waals surface area (Å²) < 4.78 is 14.6. The molecule has 4 aromatic heterocycles. The molecule has 0 aliphatic carbocycles. The van der Waals surface area contributed by atoms with Crippen LogP contribution in [-0.2, 0) is 36.7 Å². The van der Waals surface area contributed by atoms with Crippen LogP contribution in [0.2, 0.25) is 0 Å². The first kappa shape index (κ1) is 29.5. The van der Waals surface area contributed by atoms with Crippen molar-refractivity contribution in [3.63, 3.8) is 0 Å². The molecule has 4 rings (SSSR count). The van der Waals surface area contributed by atoms with Crippen molar-refractivity contribution in [3.05, 3.63) is 71.6 Å². The summed E-state index contributed by atoms with van der Waals surface area (Å²) in [7, 11) is 3.29. The van der Waals surface area contributed by atoms with Crippen molar-refractivity contribution in [3.8, 4) is 23.1 Å². The van der Waals surface area contributed by atoms with Crippen LogP contribution in [0.3, 0.4) is 0 Å². The molecule has 204 valence electrons. The first-order valence-corrected chi connectivity index (χ1v) is 12.3. The molecule has 4 heterocycles. The van der Waals surface area contributed by atoms with Gasteiger partial charge in [0.1, 0.15) is 11.5 Å². The zero-order valence-corrected chi connectivity index (χ0v) is 25.3. The summed E-state index contributed by atoms with van der Waals surface area (Å²) in [6, 6.07) is 11.4. The van der Waals surface area contributed by atoms with Gasteiger partial charge < -0.3 is 18.8 Å². The third-order valence-corrected chi connectivity index (χ3v) is 6.36. The van der Waals surface area contributed by atoms with E-state index in [0.29, 0.717) is 23.1 Å². The van der Waals surface area contributed by atoms with E-state index in [1.54, 1.807) is 23.6 Å². The van der Waals surface area contributed by atoms with Crippen LogP contribution in [0.1, 0.15) is 78.2 Å². The van der Waals surface area contributed by atoms with Crippen molar-refractivity contribution in [2.75, 3.05) is 14.2 Å². The minimum absolute atomic E-state index is 0. The Morgan fingerprint density at radius 2 is 0.974 bits per heavy atom. The van der Waals surface area contributed by atoms with Gasteiger partial charge in [-0.15, -0.1) is 12.1 Å². The van der Waals surface area contributed by atoms with Gasteiger partial charge in [0.05, 0.1) is 25.9 Å². The van der Waals surface area contributed by atoms with E-state index in [-0.39, 0.29) is 31.3 Å². The molecular weight excluding hydrogens is 571 g/mol. The maximum Gasteiger partial charge on any atom is 2.00 e. The molecule has 0 atom stereocenters. The first-order chi connectivity index (χ1) is 17.2. The van der Waals surface area contributed by atoms with Crippen LogP contribution in [0.15, 0.2) is 36.4 Å². The van der Waals surface area contributed by atoms with Crippen LogP contribution in [0.4, 0.5) is 0 Å². The van der Waals surface area contributed by atoms with E-state index in [1.165, 1.54) is 0 Å². The molecule has 0 saturated heterocycles. The van der Waals surface area contributed by atoms with E-state index >= 15 is 0 Å². The van der Waals surface area contributed by atoms with Gasteiger partial charge in [0.25, 0.3) is 0 Å². The Bertz CT molecular complexity index is 1300. The monoisotopic (exact) mass is 606 g/mol. The van der Waals surface area contributed by atoms with Gasteiger partial charge in [0, 0.05) is 28.9 Å². The predicted molar refractivity (Wildman–Crippen MR) is 143 cm³/mol. The summed E-state index contributed by atoms with van der Waals surface area (Å²) in [6.45, 7) is 16.9. The Morgan fingerprint density at radius 3 is 1.26 bits per heavy atom. The molecule has 0 aliphatic heterocycles. The second kappa shape index (κ2) is 10.6. The Balaban J connectivity index is 0.00000400. The number of aromatic nitrogens is 6. The zero-order chi connectivity index (χ0) is 27.2. The second-order valence-electron chi connectivity index (χ2n) is 11.8. The van der Waals surface area contributed by atoms with Gasteiger partial charge in [-0.3, -0.25) is 20.2 Å². The fraction of sp³-hybridized carbons (Fsp3) is 0.448. The normalized spacial score (nSPS) is 12.3. The summed E-state index contributed by atoms with van der Waals surface area (Å²) in [4.78, 5) is 9.94. The topological polar surface area (TPSA) is 79.9 Å². The average molecular weight is 607 g/mol. The van der Waals surface area contributed by atoms with Crippen molar-refractivity contribution >= 4 is 0 Å². The number of methoxy groups -OCH3 is 2. The number of ether oxygens (including phenoxy) is 2. The number of rotatable bonds is 6. The minimum Gasteiger partial charge on any atom is -0.498 e. The third kappa shape index (κ3) is 6.00. The summed E-state index contributed by atoms with van der Waals surface area (Å²) in [5, 5.41) is 9.44. The van der Waals surface area contributed by atoms with Crippen molar-refractivity contribution < 1.29 is 29.9 Å². The minimum atomic E-state index is -0.605. The maximum absolute atomic E-state index is 5.64. The fourth-order valence-electron chi connectivity index (χ4n) is 3.75. The number of hydrogen-bond donors (Lipinski definition) is 0. The number of hydrogen-bond acceptors (Lipinski definition) is 6. The smallest absolute Gasteiger partial charge is 0.498 e. The fourth-order valence-corrected chi connectivity index (χ4v) is 3.75. The van der Waals surface area contributed by atoms with E-state index in [0.717, 1.165) is 22.8 Å². The average Bonchev–Trinajstić information content (AvgIpc) is 3.53. The van der Waals surface area contributed by atoms with Crippen molar-refractivity contribution in [1.29, 1.82) is 0 Å². The van der Waals surface area contributed by atoms with Crippen LogP contribution in [0, 0.1) is 12.4 Å². The number of pyridine rings is 2. The van der Waals surface area contributed by atoms with Crippen molar-refractivity contribution in [1.82, 2.24) is 29.5 Å². The first-order valence-electron chi connectivity index (χ1n) is 12.3. The molecule has 38 heavy (non-hydrogen) atoms. The molecule has 8 nitrogen and oxygen atoms in total. The molecule has 0 fully saturated rings. The van der Waals surface area contributed by atoms with Gasteiger partial charge in [-0.05, 0) is 48.2 Å². The Kier molecular flexibility index (Phi) is 8.26. The summed E-state index contributed by atoms with van der Waals surface area (Å²) >= 11 is 0. The van der Waals surface area contributed by atoms with Crippen LogP contribution in [0.5, 0.6) is 11.5 Å². The van der Waals surface area contributed by atoms with Gasteiger partial charge in [0.15, 0.2) is 0 Å². The van der Waals surface area contributed by atoms with E-state index in [9.17, 15) is 0 Å². The molecule has 0 spiro atoms. The molecule has 0 N–H and O–H groups in total. The Morgan fingerprint density at radius 1 is 0.605 bits per heavy atom. The number of nitrogens with zero attached hydrogens (tertiary/aromatic N) is 6.